The maximum atomic E-state index is 5.23. The summed E-state index contributed by atoms with van der Waals surface area (Å²) in [4.78, 5) is 0. The lowest BCUT2D eigenvalue weighted by Gasteiger charge is -2.21. The molecule has 2 rings (SSSR count). The van der Waals surface area contributed by atoms with Crippen molar-refractivity contribution in [1.82, 2.24) is 15.1 Å². The van der Waals surface area contributed by atoms with E-state index in [1.807, 2.05) is 36.1 Å². The van der Waals surface area contributed by atoms with E-state index in [0.29, 0.717) is 5.92 Å². The standard InChI is InChI=1S/C16H23N3O/c1-13(12-20-3)11-15(17-2)16-9-10-18-19(16)14-7-5-4-6-8-14/h4-10,13,15,17H,11-12H2,1-3H3. The molecular weight excluding hydrogens is 250 g/mol. The van der Waals surface area contributed by atoms with Gasteiger partial charge in [0, 0.05) is 26.0 Å². The third kappa shape index (κ3) is 3.46. The fourth-order valence-electron chi connectivity index (χ4n) is 2.50. The summed E-state index contributed by atoms with van der Waals surface area (Å²) in [5.74, 6) is 0.497. The molecule has 0 radical (unpaired) electrons. The predicted molar refractivity (Wildman–Crippen MR) is 81.0 cm³/mol. The lowest BCUT2D eigenvalue weighted by molar-refractivity contribution is 0.149. The molecule has 0 aliphatic carbocycles. The Morgan fingerprint density at radius 1 is 1.25 bits per heavy atom. The smallest absolute Gasteiger partial charge is 0.0649 e. The lowest BCUT2D eigenvalue weighted by atomic mass is 10.00. The Bertz CT molecular complexity index is 509. The molecule has 0 spiro atoms. The summed E-state index contributed by atoms with van der Waals surface area (Å²) < 4.78 is 7.23. The molecule has 1 aromatic carbocycles. The number of methoxy groups -OCH3 is 1. The largest absolute Gasteiger partial charge is 0.384 e. The van der Waals surface area contributed by atoms with Gasteiger partial charge in [0.05, 0.1) is 11.4 Å². The van der Waals surface area contributed by atoms with Gasteiger partial charge < -0.3 is 10.1 Å². The van der Waals surface area contributed by atoms with E-state index in [1.54, 1.807) is 7.11 Å². The fourth-order valence-corrected chi connectivity index (χ4v) is 2.50. The SMILES string of the molecule is CNC(CC(C)COC)c1ccnn1-c1ccccc1. The van der Waals surface area contributed by atoms with Crippen molar-refractivity contribution >= 4 is 0 Å². The molecule has 108 valence electrons. The van der Waals surface area contributed by atoms with Gasteiger partial charge in [-0.05, 0) is 37.6 Å². The minimum atomic E-state index is 0.267. The Morgan fingerprint density at radius 2 is 2.00 bits per heavy atom. The number of nitrogens with one attached hydrogen (secondary N) is 1. The average Bonchev–Trinajstić information content (AvgIpc) is 2.95. The van der Waals surface area contributed by atoms with Crippen molar-refractivity contribution in [3.8, 4) is 5.69 Å². The molecule has 0 bridgehead atoms. The molecule has 1 aromatic heterocycles. The average molecular weight is 273 g/mol. The summed E-state index contributed by atoms with van der Waals surface area (Å²) in [5.41, 5.74) is 2.27. The monoisotopic (exact) mass is 273 g/mol. The molecule has 0 aliphatic heterocycles. The van der Waals surface area contributed by atoms with Crippen molar-refractivity contribution in [2.45, 2.75) is 19.4 Å². The van der Waals surface area contributed by atoms with Crippen LogP contribution in [0.1, 0.15) is 25.1 Å². The fraction of sp³-hybridized carbons (Fsp3) is 0.438. The van der Waals surface area contributed by atoms with Crippen LogP contribution in [0, 0.1) is 5.92 Å². The summed E-state index contributed by atoms with van der Waals surface area (Å²) in [5, 5.41) is 7.84. The molecule has 0 amide bonds. The van der Waals surface area contributed by atoms with E-state index >= 15 is 0 Å². The highest BCUT2D eigenvalue weighted by molar-refractivity contribution is 5.33. The summed E-state index contributed by atoms with van der Waals surface area (Å²) in [6.07, 6.45) is 2.87. The Hall–Kier alpha value is -1.65. The first-order chi connectivity index (χ1) is 9.76. The topological polar surface area (TPSA) is 39.1 Å². The maximum absolute atomic E-state index is 5.23. The number of nitrogens with zero attached hydrogens (tertiary/aromatic N) is 2. The molecule has 0 aliphatic rings. The Labute approximate surface area is 120 Å². The molecule has 0 fully saturated rings. The second-order valence-corrected chi connectivity index (χ2v) is 5.14. The first-order valence-electron chi connectivity index (χ1n) is 7.01. The first-order valence-corrected chi connectivity index (χ1v) is 7.01. The van der Waals surface area contributed by atoms with Crippen LogP contribution >= 0.6 is 0 Å². The van der Waals surface area contributed by atoms with E-state index in [1.165, 1.54) is 5.69 Å². The number of hydrogen-bond donors (Lipinski definition) is 1. The van der Waals surface area contributed by atoms with Gasteiger partial charge in [-0.25, -0.2) is 4.68 Å². The van der Waals surface area contributed by atoms with Crippen molar-refractivity contribution in [3.05, 3.63) is 48.3 Å². The molecule has 0 saturated carbocycles. The van der Waals surface area contributed by atoms with Gasteiger partial charge in [-0.2, -0.15) is 5.10 Å². The number of rotatable bonds is 7. The van der Waals surface area contributed by atoms with Gasteiger partial charge in [-0.3, -0.25) is 0 Å². The zero-order valence-electron chi connectivity index (χ0n) is 12.4. The zero-order chi connectivity index (χ0) is 14.4. The molecule has 2 unspecified atom stereocenters. The molecule has 2 aromatic rings. The molecular formula is C16H23N3O. The van der Waals surface area contributed by atoms with Crippen LogP contribution in [-0.2, 0) is 4.74 Å². The normalized spacial score (nSPS) is 14.2. The van der Waals surface area contributed by atoms with E-state index in [0.717, 1.165) is 18.7 Å². The first kappa shape index (κ1) is 14.8. The third-order valence-electron chi connectivity index (χ3n) is 3.47. The molecule has 4 nitrogen and oxygen atoms in total. The van der Waals surface area contributed by atoms with Gasteiger partial charge in [-0.15, -0.1) is 0 Å². The van der Waals surface area contributed by atoms with Gasteiger partial charge in [0.2, 0.25) is 0 Å². The minimum Gasteiger partial charge on any atom is -0.384 e. The Kier molecular flexibility index (Phi) is 5.32. The van der Waals surface area contributed by atoms with Gasteiger partial charge >= 0.3 is 0 Å². The number of ether oxygens (including phenoxy) is 1. The summed E-state index contributed by atoms with van der Waals surface area (Å²) in [6.45, 7) is 2.98. The third-order valence-corrected chi connectivity index (χ3v) is 3.47. The van der Waals surface area contributed by atoms with Gasteiger partial charge in [0.1, 0.15) is 0 Å². The number of hydrogen-bond acceptors (Lipinski definition) is 3. The van der Waals surface area contributed by atoms with E-state index in [9.17, 15) is 0 Å². The van der Waals surface area contributed by atoms with Crippen molar-refractivity contribution in [2.24, 2.45) is 5.92 Å². The number of benzene rings is 1. The van der Waals surface area contributed by atoms with Crippen molar-refractivity contribution in [1.29, 1.82) is 0 Å². The molecule has 2 atom stereocenters. The summed E-state index contributed by atoms with van der Waals surface area (Å²) >= 11 is 0. The highest BCUT2D eigenvalue weighted by Crippen LogP contribution is 2.23. The van der Waals surface area contributed by atoms with Crippen LogP contribution in [0.5, 0.6) is 0 Å². The highest BCUT2D eigenvalue weighted by atomic mass is 16.5. The molecule has 1 heterocycles. The molecule has 0 saturated heterocycles. The van der Waals surface area contributed by atoms with Crippen molar-refractivity contribution in [2.75, 3.05) is 20.8 Å². The summed E-state index contributed by atoms with van der Waals surface area (Å²) in [7, 11) is 3.74. The van der Waals surface area contributed by atoms with E-state index in [2.05, 4.69) is 35.5 Å². The molecule has 20 heavy (non-hydrogen) atoms. The Morgan fingerprint density at radius 3 is 2.65 bits per heavy atom. The van der Waals surface area contributed by atoms with Gasteiger partial charge in [0.15, 0.2) is 0 Å². The Balaban J connectivity index is 2.21. The van der Waals surface area contributed by atoms with E-state index in [4.69, 9.17) is 4.74 Å². The minimum absolute atomic E-state index is 0.267. The molecule has 1 N–H and O–H groups in total. The van der Waals surface area contributed by atoms with Crippen LogP contribution in [0.4, 0.5) is 0 Å². The second-order valence-electron chi connectivity index (χ2n) is 5.14. The van der Waals surface area contributed by atoms with Crippen molar-refractivity contribution < 1.29 is 4.74 Å². The van der Waals surface area contributed by atoms with E-state index in [-0.39, 0.29) is 6.04 Å². The number of aromatic nitrogens is 2. The maximum Gasteiger partial charge on any atom is 0.0649 e. The van der Waals surface area contributed by atoms with Crippen LogP contribution in [0.25, 0.3) is 5.69 Å². The zero-order valence-corrected chi connectivity index (χ0v) is 12.4. The number of para-hydroxylation sites is 1. The second kappa shape index (κ2) is 7.22. The van der Waals surface area contributed by atoms with Crippen LogP contribution < -0.4 is 5.32 Å². The van der Waals surface area contributed by atoms with Crippen LogP contribution in [0.3, 0.4) is 0 Å². The van der Waals surface area contributed by atoms with Crippen molar-refractivity contribution in [3.63, 3.8) is 0 Å². The quantitative estimate of drug-likeness (QED) is 0.843. The van der Waals surface area contributed by atoms with Crippen LogP contribution in [0.2, 0.25) is 0 Å². The summed E-state index contributed by atoms with van der Waals surface area (Å²) in [6, 6.07) is 12.6. The molecule has 4 heteroatoms. The van der Waals surface area contributed by atoms with Crippen LogP contribution in [0.15, 0.2) is 42.6 Å². The van der Waals surface area contributed by atoms with Gasteiger partial charge in [0.25, 0.3) is 0 Å². The van der Waals surface area contributed by atoms with Gasteiger partial charge in [-0.1, -0.05) is 25.1 Å². The van der Waals surface area contributed by atoms with Crippen LogP contribution in [-0.4, -0.2) is 30.5 Å². The highest BCUT2D eigenvalue weighted by Gasteiger charge is 2.18. The van der Waals surface area contributed by atoms with E-state index < -0.39 is 0 Å². The lowest BCUT2D eigenvalue weighted by Crippen LogP contribution is -2.23. The predicted octanol–water partition coefficient (Wildman–Crippen LogP) is 2.81.